The van der Waals surface area contributed by atoms with E-state index in [9.17, 15) is 4.79 Å². The summed E-state index contributed by atoms with van der Waals surface area (Å²) in [4.78, 5) is 13.4. The molecular weight excluding hydrogens is 216 g/mol. The molecule has 17 heavy (non-hydrogen) atoms. The van der Waals surface area contributed by atoms with E-state index < -0.39 is 5.97 Å². The number of hydrogen-bond donors (Lipinski definition) is 2. The molecule has 0 amide bonds. The highest BCUT2D eigenvalue weighted by atomic mass is 16.4. The van der Waals surface area contributed by atoms with Crippen LogP contribution in [-0.2, 0) is 4.79 Å². The molecule has 0 aliphatic heterocycles. The minimum absolute atomic E-state index is 0.390. The standard InChI is InChI=1S/C13H26N2O2/c1-3-9-14-12(13(16)17)8-10-15(2)11-6-4-5-7-11/h11-12,14H,3-10H2,1-2H3,(H,16,17). The van der Waals surface area contributed by atoms with Gasteiger partial charge in [0.15, 0.2) is 0 Å². The second-order valence-electron chi connectivity index (χ2n) is 5.05. The molecule has 1 aliphatic carbocycles. The van der Waals surface area contributed by atoms with Gasteiger partial charge < -0.3 is 15.3 Å². The van der Waals surface area contributed by atoms with Crippen molar-refractivity contribution in [2.45, 2.75) is 57.5 Å². The zero-order valence-electron chi connectivity index (χ0n) is 11.1. The fraction of sp³-hybridized carbons (Fsp3) is 0.923. The van der Waals surface area contributed by atoms with Crippen molar-refractivity contribution in [1.29, 1.82) is 0 Å². The average molecular weight is 242 g/mol. The molecule has 0 bridgehead atoms. The molecule has 1 fully saturated rings. The first-order valence-corrected chi connectivity index (χ1v) is 6.81. The molecule has 0 radical (unpaired) electrons. The van der Waals surface area contributed by atoms with E-state index in [1.165, 1.54) is 25.7 Å². The largest absolute Gasteiger partial charge is 0.480 e. The first kappa shape index (κ1) is 14.5. The van der Waals surface area contributed by atoms with E-state index in [-0.39, 0.29) is 6.04 Å². The lowest BCUT2D eigenvalue weighted by atomic mass is 10.1. The zero-order valence-corrected chi connectivity index (χ0v) is 11.1. The molecule has 4 heteroatoms. The number of nitrogens with one attached hydrogen (secondary N) is 1. The summed E-state index contributed by atoms with van der Waals surface area (Å²) in [6, 6.07) is 0.287. The smallest absolute Gasteiger partial charge is 0.320 e. The highest BCUT2D eigenvalue weighted by Gasteiger charge is 2.22. The van der Waals surface area contributed by atoms with Gasteiger partial charge in [0, 0.05) is 12.6 Å². The SMILES string of the molecule is CCCNC(CCN(C)C1CCCC1)C(=O)O. The van der Waals surface area contributed by atoms with Crippen LogP contribution in [0.3, 0.4) is 0 Å². The van der Waals surface area contributed by atoms with Gasteiger partial charge in [-0.1, -0.05) is 19.8 Å². The van der Waals surface area contributed by atoms with Gasteiger partial charge >= 0.3 is 5.97 Å². The van der Waals surface area contributed by atoms with Gasteiger partial charge in [-0.05, 0) is 39.3 Å². The van der Waals surface area contributed by atoms with Crippen molar-refractivity contribution >= 4 is 5.97 Å². The number of nitrogens with zero attached hydrogens (tertiary/aromatic N) is 1. The van der Waals surface area contributed by atoms with Crippen LogP contribution >= 0.6 is 0 Å². The van der Waals surface area contributed by atoms with Gasteiger partial charge in [-0.3, -0.25) is 4.79 Å². The summed E-state index contributed by atoms with van der Waals surface area (Å²) >= 11 is 0. The van der Waals surface area contributed by atoms with E-state index in [1.54, 1.807) is 0 Å². The maximum atomic E-state index is 11.1. The van der Waals surface area contributed by atoms with Crippen molar-refractivity contribution in [3.05, 3.63) is 0 Å². The van der Waals surface area contributed by atoms with Gasteiger partial charge in [0.2, 0.25) is 0 Å². The van der Waals surface area contributed by atoms with Crippen LogP contribution in [0.25, 0.3) is 0 Å². The quantitative estimate of drug-likeness (QED) is 0.680. The minimum Gasteiger partial charge on any atom is -0.480 e. The summed E-state index contributed by atoms with van der Waals surface area (Å²) in [5, 5.41) is 12.2. The lowest BCUT2D eigenvalue weighted by molar-refractivity contribution is -0.139. The Kier molecular flexibility index (Phi) is 6.52. The molecule has 100 valence electrons. The topological polar surface area (TPSA) is 52.6 Å². The van der Waals surface area contributed by atoms with E-state index in [0.29, 0.717) is 12.5 Å². The molecule has 4 nitrogen and oxygen atoms in total. The molecule has 2 N–H and O–H groups in total. The Labute approximate surface area is 104 Å². The third-order valence-corrected chi connectivity index (χ3v) is 3.66. The molecule has 1 saturated carbocycles. The maximum absolute atomic E-state index is 11.1. The highest BCUT2D eigenvalue weighted by molar-refractivity contribution is 5.73. The lowest BCUT2D eigenvalue weighted by Gasteiger charge is -2.25. The van der Waals surface area contributed by atoms with Gasteiger partial charge in [0.1, 0.15) is 6.04 Å². The number of carboxylic acid groups (broad SMARTS) is 1. The molecule has 1 rings (SSSR count). The molecule has 1 atom stereocenters. The average Bonchev–Trinajstić information content (AvgIpc) is 2.81. The third kappa shape index (κ3) is 5.04. The first-order chi connectivity index (χ1) is 8.15. The molecule has 0 saturated heterocycles. The molecular formula is C13H26N2O2. The second-order valence-corrected chi connectivity index (χ2v) is 5.05. The Morgan fingerprint density at radius 1 is 1.47 bits per heavy atom. The Bertz CT molecular complexity index is 227. The normalized spacial score (nSPS) is 18.8. The highest BCUT2D eigenvalue weighted by Crippen LogP contribution is 2.22. The van der Waals surface area contributed by atoms with Crippen molar-refractivity contribution in [2.24, 2.45) is 0 Å². The number of carbonyl (C=O) groups is 1. The van der Waals surface area contributed by atoms with Crippen LogP contribution < -0.4 is 5.32 Å². The number of carboxylic acids is 1. The van der Waals surface area contributed by atoms with Crippen molar-refractivity contribution < 1.29 is 9.90 Å². The van der Waals surface area contributed by atoms with Gasteiger partial charge in [-0.2, -0.15) is 0 Å². The summed E-state index contributed by atoms with van der Waals surface area (Å²) in [7, 11) is 2.12. The van der Waals surface area contributed by atoms with Crippen molar-refractivity contribution in [2.75, 3.05) is 20.1 Å². The summed E-state index contributed by atoms with van der Waals surface area (Å²) in [5.74, 6) is -0.724. The zero-order chi connectivity index (χ0) is 12.7. The molecule has 0 aromatic heterocycles. The van der Waals surface area contributed by atoms with Crippen LogP contribution in [0.1, 0.15) is 45.4 Å². The molecule has 0 heterocycles. The summed E-state index contributed by atoms with van der Waals surface area (Å²) in [5.41, 5.74) is 0. The molecule has 0 aromatic carbocycles. The van der Waals surface area contributed by atoms with E-state index in [0.717, 1.165) is 19.5 Å². The van der Waals surface area contributed by atoms with Crippen LogP contribution in [0.5, 0.6) is 0 Å². The van der Waals surface area contributed by atoms with E-state index in [1.807, 2.05) is 0 Å². The summed E-state index contributed by atoms with van der Waals surface area (Å²) in [6.07, 6.45) is 6.87. The molecule has 1 unspecified atom stereocenters. The minimum atomic E-state index is -0.724. The monoisotopic (exact) mass is 242 g/mol. The van der Waals surface area contributed by atoms with Crippen LogP contribution in [0, 0.1) is 0 Å². The van der Waals surface area contributed by atoms with Crippen molar-refractivity contribution in [1.82, 2.24) is 10.2 Å². The number of rotatable bonds is 8. The number of aliphatic carboxylic acids is 1. The Morgan fingerprint density at radius 2 is 2.12 bits per heavy atom. The van der Waals surface area contributed by atoms with Crippen molar-refractivity contribution in [3.63, 3.8) is 0 Å². The summed E-state index contributed by atoms with van der Waals surface area (Å²) in [6.45, 7) is 3.71. The Balaban J connectivity index is 2.27. The van der Waals surface area contributed by atoms with E-state index in [2.05, 4.69) is 24.2 Å². The second kappa shape index (κ2) is 7.67. The Morgan fingerprint density at radius 3 is 2.65 bits per heavy atom. The predicted octanol–water partition coefficient (Wildman–Crippen LogP) is 1.70. The predicted molar refractivity (Wildman–Crippen MR) is 69.2 cm³/mol. The van der Waals surface area contributed by atoms with Gasteiger partial charge in [0.05, 0.1) is 0 Å². The first-order valence-electron chi connectivity index (χ1n) is 6.81. The molecule has 1 aliphatic rings. The van der Waals surface area contributed by atoms with Gasteiger partial charge in [-0.15, -0.1) is 0 Å². The number of hydrogen-bond acceptors (Lipinski definition) is 3. The van der Waals surface area contributed by atoms with E-state index >= 15 is 0 Å². The van der Waals surface area contributed by atoms with Crippen LogP contribution in [0.4, 0.5) is 0 Å². The molecule has 0 spiro atoms. The maximum Gasteiger partial charge on any atom is 0.320 e. The Hall–Kier alpha value is -0.610. The fourth-order valence-electron chi connectivity index (χ4n) is 2.49. The van der Waals surface area contributed by atoms with Crippen molar-refractivity contribution in [3.8, 4) is 0 Å². The van der Waals surface area contributed by atoms with Gasteiger partial charge in [0.25, 0.3) is 0 Å². The molecule has 0 aromatic rings. The van der Waals surface area contributed by atoms with Crippen LogP contribution in [0.15, 0.2) is 0 Å². The fourth-order valence-corrected chi connectivity index (χ4v) is 2.49. The van der Waals surface area contributed by atoms with E-state index in [4.69, 9.17) is 5.11 Å². The van der Waals surface area contributed by atoms with Crippen LogP contribution in [-0.4, -0.2) is 48.2 Å². The summed E-state index contributed by atoms with van der Waals surface area (Å²) < 4.78 is 0. The third-order valence-electron chi connectivity index (χ3n) is 3.66. The van der Waals surface area contributed by atoms with Crippen LogP contribution in [0.2, 0.25) is 0 Å². The van der Waals surface area contributed by atoms with Gasteiger partial charge in [-0.25, -0.2) is 0 Å². The lowest BCUT2D eigenvalue weighted by Crippen LogP contribution is -2.41.